The molecule has 286 valence electrons. The molecule has 0 radical (unpaired) electrons. The van der Waals surface area contributed by atoms with Gasteiger partial charge < -0.3 is 24.4 Å². The van der Waals surface area contributed by atoms with E-state index >= 15 is 0 Å². The molecule has 6 atom stereocenters. The summed E-state index contributed by atoms with van der Waals surface area (Å²) in [6.07, 6.45) is 9.49. The van der Waals surface area contributed by atoms with E-state index in [1.54, 1.807) is 6.07 Å². The van der Waals surface area contributed by atoms with Crippen LogP contribution in [0.2, 0.25) is 5.02 Å². The third-order valence-electron chi connectivity index (χ3n) is 10.7. The summed E-state index contributed by atoms with van der Waals surface area (Å²) in [4.78, 5) is 15.8. The molecule has 4 aliphatic rings. The van der Waals surface area contributed by atoms with Crippen LogP contribution in [-0.2, 0) is 26.9 Å². The summed E-state index contributed by atoms with van der Waals surface area (Å²) in [7, 11) is -1.47. The zero-order valence-corrected chi connectivity index (χ0v) is 33.6. The summed E-state index contributed by atoms with van der Waals surface area (Å²) in [5.41, 5.74) is 3.96. The van der Waals surface area contributed by atoms with Crippen LogP contribution in [0.1, 0.15) is 120 Å². The standard InChI is InChI=1S/C36H51ClN2O5S.C3H7N.C2H6/c1-5-8-24(3)25(4)45(41)38-36(40)28-12-15-34-33(19-28)39(21-29-11-10-26(29)20-35-42-16-7-17-43-35)22-30(23-44-34)32-14-13-31(37)18-27(32)9-6-2;1-2-4-3-1;1-2/h12-15,18-19,24-26,29-30,35H,5-11,16-17,20-23H2,1-4H3,(H,38,40);4H,1-3H2;1-2H3. The largest absolute Gasteiger partial charge is 0.491 e. The Bertz CT molecular complexity index is 1380. The van der Waals surface area contributed by atoms with Gasteiger partial charge in [0, 0.05) is 36.0 Å². The number of fused-ring (bicyclic) bond motifs is 1. The molecule has 1 amide bonds. The number of ether oxygens (including phenoxy) is 3. The molecule has 3 aliphatic heterocycles. The monoisotopic (exact) mass is 745 g/mol. The Kier molecular flexibility index (Phi) is 17.5. The zero-order valence-electron chi connectivity index (χ0n) is 32.0. The minimum Gasteiger partial charge on any atom is -0.491 e. The van der Waals surface area contributed by atoms with Gasteiger partial charge in [-0.1, -0.05) is 65.1 Å². The molecule has 6 rings (SSSR count). The fourth-order valence-electron chi connectivity index (χ4n) is 7.17. The SMILES string of the molecule is C1CNC1.CC.CCCc1cc(Cl)ccc1C1COc2ccc(C(=O)NS(=O)C(C)C(C)CCC)cc2N(CC2CCC2CC2OCCCO2)C1. The summed E-state index contributed by atoms with van der Waals surface area (Å²) < 4.78 is 34.2. The Hall–Kier alpha value is -2.17. The number of hydrogen-bond acceptors (Lipinski definition) is 7. The smallest absolute Gasteiger partial charge is 0.263 e. The number of nitrogens with one attached hydrogen (secondary N) is 2. The zero-order chi connectivity index (χ0) is 36.8. The Morgan fingerprint density at radius 1 is 1.02 bits per heavy atom. The van der Waals surface area contributed by atoms with Crippen molar-refractivity contribution in [1.29, 1.82) is 0 Å². The Morgan fingerprint density at radius 3 is 2.35 bits per heavy atom. The van der Waals surface area contributed by atoms with Gasteiger partial charge >= 0.3 is 0 Å². The minimum atomic E-state index is -1.47. The number of carbonyl (C=O) groups excluding carboxylic acids is 1. The van der Waals surface area contributed by atoms with E-state index in [4.69, 9.17) is 25.8 Å². The number of amides is 1. The van der Waals surface area contributed by atoms with Crippen molar-refractivity contribution in [2.75, 3.05) is 50.9 Å². The number of rotatable bonds is 13. The van der Waals surface area contributed by atoms with Crippen molar-refractivity contribution >= 4 is 34.2 Å². The van der Waals surface area contributed by atoms with Gasteiger partial charge in [0.15, 0.2) is 6.29 Å². The van der Waals surface area contributed by atoms with Gasteiger partial charge in [-0.3, -0.25) is 9.52 Å². The lowest BCUT2D eigenvalue weighted by Crippen LogP contribution is -2.42. The van der Waals surface area contributed by atoms with Crippen LogP contribution in [0, 0.1) is 17.8 Å². The molecule has 0 spiro atoms. The van der Waals surface area contributed by atoms with Gasteiger partial charge in [0.1, 0.15) is 16.7 Å². The lowest BCUT2D eigenvalue weighted by atomic mass is 9.71. The average Bonchev–Trinajstić information content (AvgIpc) is 3.28. The van der Waals surface area contributed by atoms with Crippen molar-refractivity contribution in [3.8, 4) is 5.75 Å². The number of benzene rings is 2. The average molecular weight is 746 g/mol. The Morgan fingerprint density at radius 2 is 1.73 bits per heavy atom. The van der Waals surface area contributed by atoms with Crippen LogP contribution in [0.3, 0.4) is 0 Å². The van der Waals surface area contributed by atoms with E-state index in [2.05, 4.69) is 47.8 Å². The summed E-state index contributed by atoms with van der Waals surface area (Å²) >= 11 is 6.43. The first kappa shape index (κ1) is 41.6. The normalized spacial score (nSPS) is 23.2. The van der Waals surface area contributed by atoms with Crippen LogP contribution in [0.15, 0.2) is 36.4 Å². The number of halogens is 1. The highest BCUT2D eigenvalue weighted by Crippen LogP contribution is 2.43. The first-order chi connectivity index (χ1) is 24.8. The molecule has 2 N–H and O–H groups in total. The van der Waals surface area contributed by atoms with Crippen molar-refractivity contribution in [2.24, 2.45) is 17.8 Å². The third-order valence-corrected chi connectivity index (χ3v) is 12.5. The van der Waals surface area contributed by atoms with Gasteiger partial charge in [0.25, 0.3) is 5.91 Å². The van der Waals surface area contributed by atoms with Gasteiger partial charge in [-0.25, -0.2) is 4.21 Å². The summed E-state index contributed by atoms with van der Waals surface area (Å²) in [5.74, 6) is 1.90. The number of anilines is 1. The predicted octanol–water partition coefficient (Wildman–Crippen LogP) is 8.68. The van der Waals surface area contributed by atoms with Gasteiger partial charge in [-0.2, -0.15) is 0 Å². The van der Waals surface area contributed by atoms with Crippen LogP contribution < -0.4 is 19.7 Å². The fraction of sp³-hybridized carbons (Fsp3) is 0.683. The molecule has 1 saturated carbocycles. The molecule has 0 bridgehead atoms. The summed E-state index contributed by atoms with van der Waals surface area (Å²) in [5, 5.41) is 3.74. The van der Waals surface area contributed by atoms with Crippen molar-refractivity contribution in [1.82, 2.24) is 10.0 Å². The molecule has 2 aromatic rings. The third kappa shape index (κ3) is 11.9. The maximum absolute atomic E-state index is 13.4. The van der Waals surface area contributed by atoms with E-state index in [0.29, 0.717) is 24.0 Å². The highest BCUT2D eigenvalue weighted by Gasteiger charge is 2.37. The molecule has 2 aromatic carbocycles. The molecule has 6 unspecified atom stereocenters. The maximum atomic E-state index is 13.4. The molecule has 0 aromatic heterocycles. The Balaban J connectivity index is 0.000000893. The van der Waals surface area contributed by atoms with E-state index in [1.165, 1.54) is 37.1 Å². The molecule has 3 fully saturated rings. The van der Waals surface area contributed by atoms with Crippen LogP contribution in [0.4, 0.5) is 5.69 Å². The first-order valence-electron chi connectivity index (χ1n) is 19.7. The second kappa shape index (κ2) is 21.5. The van der Waals surface area contributed by atoms with Crippen molar-refractivity contribution < 1.29 is 23.2 Å². The topological polar surface area (TPSA) is 89.1 Å². The van der Waals surface area contributed by atoms with Crippen LogP contribution >= 0.6 is 11.6 Å². The quantitative estimate of drug-likeness (QED) is 0.212. The second-order valence-electron chi connectivity index (χ2n) is 14.3. The number of aryl methyl sites for hydroxylation is 1. The highest BCUT2D eigenvalue weighted by molar-refractivity contribution is 7.84. The van der Waals surface area contributed by atoms with Gasteiger partial charge in [-0.05, 0) is 118 Å². The maximum Gasteiger partial charge on any atom is 0.263 e. The number of hydrogen-bond donors (Lipinski definition) is 2. The van der Waals surface area contributed by atoms with Crippen molar-refractivity contribution in [3.05, 3.63) is 58.1 Å². The van der Waals surface area contributed by atoms with E-state index < -0.39 is 11.0 Å². The van der Waals surface area contributed by atoms with Crippen LogP contribution in [0.5, 0.6) is 5.75 Å². The van der Waals surface area contributed by atoms with E-state index in [-0.39, 0.29) is 29.3 Å². The molecule has 51 heavy (non-hydrogen) atoms. The molecule has 8 nitrogen and oxygen atoms in total. The minimum absolute atomic E-state index is 0.108. The van der Waals surface area contributed by atoms with E-state index in [9.17, 15) is 9.00 Å². The van der Waals surface area contributed by atoms with Crippen LogP contribution in [-0.4, -0.2) is 67.7 Å². The number of nitrogens with zero attached hydrogens (tertiary/aromatic N) is 1. The summed E-state index contributed by atoms with van der Waals surface area (Å²) in [6, 6.07) is 11.9. The first-order valence-corrected chi connectivity index (χ1v) is 21.3. The Labute approximate surface area is 315 Å². The lowest BCUT2D eigenvalue weighted by Gasteiger charge is -2.42. The molecular formula is C41H64ClN3O5S. The van der Waals surface area contributed by atoms with Gasteiger partial charge in [-0.15, -0.1) is 0 Å². The van der Waals surface area contributed by atoms with E-state index in [0.717, 1.165) is 87.7 Å². The van der Waals surface area contributed by atoms with Gasteiger partial charge in [0.05, 0.1) is 30.8 Å². The number of carbonyl (C=O) groups is 1. The molecule has 10 heteroatoms. The molecule has 3 heterocycles. The molecule has 2 saturated heterocycles. The fourth-order valence-corrected chi connectivity index (χ4v) is 8.41. The van der Waals surface area contributed by atoms with E-state index in [1.807, 2.05) is 39.0 Å². The molecule has 1 aliphatic carbocycles. The van der Waals surface area contributed by atoms with Gasteiger partial charge in [0.2, 0.25) is 0 Å². The highest BCUT2D eigenvalue weighted by atomic mass is 35.5. The predicted molar refractivity (Wildman–Crippen MR) is 211 cm³/mol. The van der Waals surface area contributed by atoms with Crippen LogP contribution in [0.25, 0.3) is 0 Å². The lowest BCUT2D eigenvalue weighted by molar-refractivity contribution is -0.192. The van der Waals surface area contributed by atoms with Crippen molar-refractivity contribution in [3.63, 3.8) is 0 Å². The summed E-state index contributed by atoms with van der Waals surface area (Å²) in [6.45, 7) is 18.6. The molecular weight excluding hydrogens is 682 g/mol. The van der Waals surface area contributed by atoms with Crippen molar-refractivity contribution in [2.45, 2.75) is 117 Å². The second-order valence-corrected chi connectivity index (χ2v) is 16.3.